The first-order valence-corrected chi connectivity index (χ1v) is 13.2. The van der Waals surface area contributed by atoms with Crippen molar-refractivity contribution in [2.45, 2.75) is 30.2 Å². The number of nitrogens with one attached hydrogen (secondary N) is 1. The van der Waals surface area contributed by atoms with Gasteiger partial charge in [0.05, 0.1) is 24.0 Å². The Morgan fingerprint density at radius 1 is 1.11 bits per heavy atom. The summed E-state index contributed by atoms with van der Waals surface area (Å²) >= 11 is 7.83. The van der Waals surface area contributed by atoms with E-state index in [2.05, 4.69) is 27.3 Å². The number of carbonyl (C=O) groups excluding carboxylic acids is 2. The van der Waals surface area contributed by atoms with Gasteiger partial charge in [0, 0.05) is 58.3 Å². The molecule has 3 aliphatic rings. The molecule has 3 amide bonds. The first-order chi connectivity index (χ1) is 17.5. The van der Waals surface area contributed by atoms with Gasteiger partial charge in [-0.05, 0) is 37.1 Å². The van der Waals surface area contributed by atoms with Crippen molar-refractivity contribution in [3.8, 4) is 0 Å². The molecular formula is C27H25ClN4O3S. The molecule has 0 bridgehead atoms. The van der Waals surface area contributed by atoms with Crippen LogP contribution in [-0.4, -0.2) is 54.5 Å². The molecule has 0 spiro atoms. The van der Waals surface area contributed by atoms with Crippen LogP contribution in [0.1, 0.15) is 18.4 Å². The van der Waals surface area contributed by atoms with E-state index in [0.29, 0.717) is 10.7 Å². The minimum absolute atomic E-state index is 0.257. The summed E-state index contributed by atoms with van der Waals surface area (Å²) in [6.45, 7) is 1.79. The van der Waals surface area contributed by atoms with Crippen molar-refractivity contribution in [1.82, 2.24) is 10.3 Å². The molecule has 2 aromatic carbocycles. The third kappa shape index (κ3) is 4.03. The fourth-order valence-corrected chi connectivity index (χ4v) is 6.76. The van der Waals surface area contributed by atoms with Crippen LogP contribution in [-0.2, 0) is 9.53 Å². The summed E-state index contributed by atoms with van der Waals surface area (Å²) in [6.07, 6.45) is 7.50. The minimum atomic E-state index is -0.472. The van der Waals surface area contributed by atoms with E-state index in [1.807, 2.05) is 36.4 Å². The lowest BCUT2D eigenvalue weighted by molar-refractivity contribution is -0.118. The number of nitrogens with zero attached hydrogens (tertiary/aromatic N) is 3. The first-order valence-electron chi connectivity index (χ1n) is 12.0. The Labute approximate surface area is 218 Å². The fraction of sp³-hybridized carbons (Fsp3) is 0.296. The summed E-state index contributed by atoms with van der Waals surface area (Å²) in [5.41, 5.74) is 2.42. The molecule has 4 heterocycles. The summed E-state index contributed by atoms with van der Waals surface area (Å²) < 4.78 is 5.51. The number of carbonyl (C=O) groups is 2. The van der Waals surface area contributed by atoms with Crippen LogP contribution in [0, 0.1) is 0 Å². The lowest BCUT2D eigenvalue weighted by Crippen LogP contribution is -2.60. The molecule has 0 aliphatic carbocycles. The largest absolute Gasteiger partial charge is 0.381 e. The number of urea groups is 1. The molecule has 3 aromatic rings. The van der Waals surface area contributed by atoms with Crippen LogP contribution in [0.2, 0.25) is 5.02 Å². The van der Waals surface area contributed by atoms with Crippen molar-refractivity contribution in [3.05, 3.63) is 71.5 Å². The zero-order valence-corrected chi connectivity index (χ0v) is 21.3. The van der Waals surface area contributed by atoms with Crippen molar-refractivity contribution in [3.63, 3.8) is 0 Å². The Morgan fingerprint density at radius 2 is 1.92 bits per heavy atom. The van der Waals surface area contributed by atoms with E-state index >= 15 is 0 Å². The Bertz CT molecular complexity index is 1390. The van der Waals surface area contributed by atoms with E-state index in [-0.39, 0.29) is 12.0 Å². The second kappa shape index (κ2) is 9.42. The first kappa shape index (κ1) is 23.3. The summed E-state index contributed by atoms with van der Waals surface area (Å²) in [6, 6.07) is 12.8. The zero-order valence-electron chi connectivity index (χ0n) is 19.7. The highest BCUT2D eigenvalue weighted by molar-refractivity contribution is 8.09. The summed E-state index contributed by atoms with van der Waals surface area (Å²) in [5, 5.41) is 4.84. The molecule has 2 saturated heterocycles. The van der Waals surface area contributed by atoms with Crippen molar-refractivity contribution >= 4 is 62.4 Å². The molecule has 2 fully saturated rings. The number of rotatable bonds is 4. The highest BCUT2D eigenvalue weighted by Gasteiger charge is 2.45. The number of ether oxygens (including phenoxy) is 1. The van der Waals surface area contributed by atoms with E-state index < -0.39 is 17.3 Å². The maximum Gasteiger partial charge on any atom is 0.329 e. The van der Waals surface area contributed by atoms with Gasteiger partial charge in [0.2, 0.25) is 0 Å². The quantitative estimate of drug-likeness (QED) is 0.517. The number of aromatic nitrogens is 1. The van der Waals surface area contributed by atoms with Gasteiger partial charge in [0.15, 0.2) is 0 Å². The second-order valence-electron chi connectivity index (χ2n) is 9.18. The summed E-state index contributed by atoms with van der Waals surface area (Å²) in [4.78, 5) is 35.7. The van der Waals surface area contributed by atoms with E-state index in [4.69, 9.17) is 16.3 Å². The van der Waals surface area contributed by atoms with Crippen LogP contribution in [0.4, 0.5) is 16.2 Å². The molecule has 0 saturated carbocycles. The number of hydrogen-bond donors (Lipinski definition) is 1. The number of imide groups is 1. The molecule has 0 radical (unpaired) electrons. The predicted octanol–water partition coefficient (Wildman–Crippen LogP) is 5.08. The number of piperidine rings is 1. The lowest BCUT2D eigenvalue weighted by atomic mass is 10.0. The van der Waals surface area contributed by atoms with Gasteiger partial charge in [0.1, 0.15) is 5.25 Å². The Hall–Kier alpha value is -3.07. The Kier molecular flexibility index (Phi) is 6.11. The number of amides is 3. The molecular weight excluding hydrogens is 496 g/mol. The fourth-order valence-electron chi connectivity index (χ4n) is 5.16. The molecule has 2 atom stereocenters. The van der Waals surface area contributed by atoms with Gasteiger partial charge in [0.25, 0.3) is 5.91 Å². The number of hydrogen-bond acceptors (Lipinski definition) is 6. The van der Waals surface area contributed by atoms with Crippen LogP contribution < -0.4 is 15.1 Å². The van der Waals surface area contributed by atoms with Gasteiger partial charge < -0.3 is 15.0 Å². The normalized spacial score (nSPS) is 22.6. The van der Waals surface area contributed by atoms with Gasteiger partial charge in [-0.2, -0.15) is 0 Å². The van der Waals surface area contributed by atoms with E-state index in [1.165, 1.54) is 16.7 Å². The maximum absolute atomic E-state index is 13.7. The van der Waals surface area contributed by atoms with Crippen molar-refractivity contribution in [2.75, 3.05) is 30.0 Å². The number of halogens is 1. The van der Waals surface area contributed by atoms with Crippen LogP contribution in [0.3, 0.4) is 0 Å². The van der Waals surface area contributed by atoms with Gasteiger partial charge >= 0.3 is 6.03 Å². The number of benzene rings is 2. The number of fused-ring (bicyclic) bond motifs is 2. The highest BCUT2D eigenvalue weighted by atomic mass is 35.5. The molecule has 7 nitrogen and oxygen atoms in total. The predicted molar refractivity (Wildman–Crippen MR) is 145 cm³/mol. The molecule has 2 unspecified atom stereocenters. The minimum Gasteiger partial charge on any atom is -0.381 e. The molecule has 9 heteroatoms. The van der Waals surface area contributed by atoms with Gasteiger partial charge in [-0.1, -0.05) is 35.9 Å². The maximum atomic E-state index is 13.7. The zero-order chi connectivity index (χ0) is 24.8. The Balaban J connectivity index is 1.31. The molecule has 1 N–H and O–H groups in total. The van der Waals surface area contributed by atoms with Crippen LogP contribution >= 0.6 is 23.4 Å². The smallest absolute Gasteiger partial charge is 0.329 e. The van der Waals surface area contributed by atoms with Crippen LogP contribution in [0.15, 0.2) is 60.9 Å². The average Bonchev–Trinajstić information content (AvgIpc) is 3.33. The molecule has 36 heavy (non-hydrogen) atoms. The number of anilines is 2. The van der Waals surface area contributed by atoms with Crippen molar-refractivity contribution in [1.29, 1.82) is 0 Å². The lowest BCUT2D eigenvalue weighted by Gasteiger charge is -2.34. The second-order valence-corrected chi connectivity index (χ2v) is 10.8. The van der Waals surface area contributed by atoms with Crippen molar-refractivity contribution in [2.24, 2.45) is 0 Å². The van der Waals surface area contributed by atoms with E-state index in [0.717, 1.165) is 52.9 Å². The number of methoxy groups -OCH3 is 1. The van der Waals surface area contributed by atoms with Gasteiger partial charge in [-0.15, -0.1) is 11.8 Å². The van der Waals surface area contributed by atoms with Gasteiger partial charge in [-0.3, -0.25) is 9.78 Å². The summed E-state index contributed by atoms with van der Waals surface area (Å²) in [5.74, 6) is -0.257. The third-order valence-corrected chi connectivity index (χ3v) is 8.80. The van der Waals surface area contributed by atoms with Crippen LogP contribution in [0.25, 0.3) is 15.7 Å². The summed E-state index contributed by atoms with van der Waals surface area (Å²) in [7, 11) is 1.76. The standard InChI is InChI=1S/C27H25ClN4O3S/c1-35-18-8-10-31(11-9-18)17-7-6-16-14-29-15-23(20(16)12-17)32-26(33)25-22(30-27(32)34)13-24(36-25)19-4-2-3-5-21(19)28/h2-7,12-15,18,22,25H,8-11H2,1H3,(H,30,34). The Morgan fingerprint density at radius 3 is 2.69 bits per heavy atom. The van der Waals surface area contributed by atoms with E-state index in [9.17, 15) is 9.59 Å². The van der Waals surface area contributed by atoms with Crippen molar-refractivity contribution < 1.29 is 14.3 Å². The molecule has 3 aliphatic heterocycles. The SMILES string of the molecule is COC1CCN(c2ccc3cncc(N4C(=O)NC5C=C(c6ccccc6Cl)SC5C4=O)c3c2)CC1. The monoisotopic (exact) mass is 520 g/mol. The topological polar surface area (TPSA) is 74.8 Å². The van der Waals surface area contributed by atoms with Crippen LogP contribution in [0.5, 0.6) is 0 Å². The average molecular weight is 521 g/mol. The third-order valence-electron chi connectivity index (χ3n) is 7.11. The number of thioether (sulfide) groups is 1. The number of pyridine rings is 1. The molecule has 1 aromatic heterocycles. The highest BCUT2D eigenvalue weighted by Crippen LogP contribution is 2.44. The van der Waals surface area contributed by atoms with Gasteiger partial charge in [-0.25, -0.2) is 9.69 Å². The van der Waals surface area contributed by atoms with E-state index in [1.54, 1.807) is 19.5 Å². The molecule has 184 valence electrons. The molecule has 6 rings (SSSR count).